The summed E-state index contributed by atoms with van der Waals surface area (Å²) in [5.41, 5.74) is 1.69. The molecule has 0 saturated carbocycles. The van der Waals surface area contributed by atoms with Crippen molar-refractivity contribution in [1.29, 1.82) is 0 Å². The van der Waals surface area contributed by atoms with Crippen molar-refractivity contribution in [3.05, 3.63) is 66.2 Å². The average molecular weight is 411 g/mol. The predicted molar refractivity (Wildman–Crippen MR) is 116 cm³/mol. The smallest absolute Gasteiger partial charge is 0.407 e. The first-order chi connectivity index (χ1) is 13.9. The monoisotopic (exact) mass is 410 g/mol. The molecule has 0 aliphatic heterocycles. The van der Waals surface area contributed by atoms with Gasteiger partial charge in [-0.1, -0.05) is 72.4 Å². The molecule has 1 aromatic heterocycles. The summed E-state index contributed by atoms with van der Waals surface area (Å²) < 4.78 is 7.35. The molecule has 1 amide bonds. The number of nitrogens with zero attached hydrogens (tertiary/aromatic N) is 3. The maximum absolute atomic E-state index is 12.0. The number of nitrogens with one attached hydrogen (secondary N) is 1. The number of ether oxygens (including phenoxy) is 1. The molecule has 0 aliphatic carbocycles. The first kappa shape index (κ1) is 20.9. The Morgan fingerprint density at radius 1 is 1.03 bits per heavy atom. The Kier molecular flexibility index (Phi) is 6.93. The van der Waals surface area contributed by atoms with Crippen LogP contribution < -0.4 is 5.32 Å². The molecule has 29 heavy (non-hydrogen) atoms. The van der Waals surface area contributed by atoms with Crippen molar-refractivity contribution in [3.63, 3.8) is 0 Å². The molecule has 0 spiro atoms. The van der Waals surface area contributed by atoms with Gasteiger partial charge in [0.1, 0.15) is 5.60 Å². The first-order valence-electron chi connectivity index (χ1n) is 9.54. The number of benzene rings is 2. The second-order valence-corrected chi connectivity index (χ2v) is 8.47. The second-order valence-electron chi connectivity index (χ2n) is 7.53. The van der Waals surface area contributed by atoms with Gasteiger partial charge < -0.3 is 14.6 Å². The fraction of sp³-hybridized carbons (Fsp3) is 0.318. The zero-order valence-electron chi connectivity index (χ0n) is 17.0. The Labute approximate surface area is 175 Å². The molecule has 152 valence electrons. The van der Waals surface area contributed by atoms with Gasteiger partial charge >= 0.3 is 6.09 Å². The van der Waals surface area contributed by atoms with Crippen LogP contribution in [0, 0.1) is 0 Å². The molecular weight excluding hydrogens is 384 g/mol. The third kappa shape index (κ3) is 6.35. The van der Waals surface area contributed by atoms with E-state index in [2.05, 4.69) is 27.6 Å². The third-order valence-electron chi connectivity index (χ3n) is 3.96. The minimum Gasteiger partial charge on any atom is -0.444 e. The minimum atomic E-state index is -0.521. The summed E-state index contributed by atoms with van der Waals surface area (Å²) in [7, 11) is 0. The fourth-order valence-electron chi connectivity index (χ4n) is 2.70. The summed E-state index contributed by atoms with van der Waals surface area (Å²) in [5, 5.41) is 12.4. The van der Waals surface area contributed by atoms with Gasteiger partial charge in [0, 0.05) is 24.4 Å². The number of aromatic nitrogens is 3. The van der Waals surface area contributed by atoms with Crippen LogP contribution in [0.2, 0.25) is 0 Å². The Bertz CT molecular complexity index is 921. The summed E-state index contributed by atoms with van der Waals surface area (Å²) >= 11 is 1.63. The lowest BCUT2D eigenvalue weighted by atomic mass is 10.2. The predicted octanol–water partition coefficient (Wildman–Crippen LogP) is 4.76. The molecule has 0 fully saturated rings. The lowest BCUT2D eigenvalue weighted by Gasteiger charge is -2.20. The van der Waals surface area contributed by atoms with Gasteiger partial charge in [0.2, 0.25) is 0 Å². The third-order valence-corrected chi connectivity index (χ3v) is 5.00. The van der Waals surface area contributed by atoms with Crippen LogP contribution in [0.1, 0.15) is 26.3 Å². The Morgan fingerprint density at radius 3 is 2.34 bits per heavy atom. The number of hydrogen-bond donors (Lipinski definition) is 1. The van der Waals surface area contributed by atoms with Crippen molar-refractivity contribution in [2.45, 2.75) is 43.8 Å². The molecule has 7 heteroatoms. The van der Waals surface area contributed by atoms with Crippen LogP contribution in [-0.4, -0.2) is 33.0 Å². The largest absolute Gasteiger partial charge is 0.444 e. The molecule has 0 radical (unpaired) electrons. The van der Waals surface area contributed by atoms with Gasteiger partial charge in [-0.15, -0.1) is 10.2 Å². The molecule has 0 saturated heterocycles. The van der Waals surface area contributed by atoms with E-state index in [1.807, 2.05) is 73.9 Å². The van der Waals surface area contributed by atoms with Crippen LogP contribution in [-0.2, 0) is 17.0 Å². The Balaban J connectivity index is 1.73. The maximum Gasteiger partial charge on any atom is 0.407 e. The van der Waals surface area contributed by atoms with E-state index in [9.17, 15) is 4.79 Å². The standard InChI is InChI=1S/C22H26N4O2S/c1-22(2,3)28-21(27)23-14-15-26-19(18-12-8-5-9-13-18)24-25-20(26)29-16-17-10-6-4-7-11-17/h4-13H,14-16H2,1-3H3,(H,23,27). The summed E-state index contributed by atoms with van der Waals surface area (Å²) in [6, 6.07) is 20.2. The van der Waals surface area contributed by atoms with Crippen molar-refractivity contribution in [3.8, 4) is 11.4 Å². The van der Waals surface area contributed by atoms with Crippen LogP contribution in [0.25, 0.3) is 11.4 Å². The molecule has 1 heterocycles. The first-order valence-corrected chi connectivity index (χ1v) is 10.5. The molecule has 3 rings (SSSR count). The van der Waals surface area contributed by atoms with Gasteiger partial charge in [0.05, 0.1) is 0 Å². The van der Waals surface area contributed by atoms with E-state index in [0.29, 0.717) is 13.1 Å². The van der Waals surface area contributed by atoms with E-state index in [4.69, 9.17) is 4.74 Å². The van der Waals surface area contributed by atoms with Gasteiger partial charge in [-0.05, 0) is 26.3 Å². The number of alkyl carbamates (subject to hydrolysis) is 1. The molecule has 0 bridgehead atoms. The van der Waals surface area contributed by atoms with Crippen LogP contribution in [0.3, 0.4) is 0 Å². The van der Waals surface area contributed by atoms with Crippen LogP contribution in [0.4, 0.5) is 4.79 Å². The highest BCUT2D eigenvalue weighted by molar-refractivity contribution is 7.98. The number of hydrogen-bond acceptors (Lipinski definition) is 5. The number of carbonyl (C=O) groups excluding carboxylic acids is 1. The van der Waals surface area contributed by atoms with E-state index in [1.165, 1.54) is 5.56 Å². The highest BCUT2D eigenvalue weighted by Gasteiger charge is 2.17. The molecule has 1 N–H and O–H groups in total. The van der Waals surface area contributed by atoms with Gasteiger partial charge in [0.25, 0.3) is 0 Å². The van der Waals surface area contributed by atoms with Crippen molar-refractivity contribution in [2.24, 2.45) is 0 Å². The molecule has 0 aliphatic rings. The van der Waals surface area contributed by atoms with Crippen molar-refractivity contribution < 1.29 is 9.53 Å². The summed E-state index contributed by atoms with van der Waals surface area (Å²) in [4.78, 5) is 12.0. The van der Waals surface area contributed by atoms with E-state index in [1.54, 1.807) is 11.8 Å². The van der Waals surface area contributed by atoms with Crippen LogP contribution in [0.5, 0.6) is 0 Å². The highest BCUT2D eigenvalue weighted by atomic mass is 32.2. The molecule has 0 unspecified atom stereocenters. The number of carbonyl (C=O) groups is 1. The number of thioether (sulfide) groups is 1. The summed E-state index contributed by atoms with van der Waals surface area (Å²) in [5.74, 6) is 1.58. The van der Waals surface area contributed by atoms with Crippen molar-refractivity contribution >= 4 is 17.9 Å². The lowest BCUT2D eigenvalue weighted by molar-refractivity contribution is 0.0526. The second kappa shape index (κ2) is 9.60. The highest BCUT2D eigenvalue weighted by Crippen LogP contribution is 2.26. The van der Waals surface area contributed by atoms with E-state index in [0.717, 1.165) is 22.3 Å². The van der Waals surface area contributed by atoms with Crippen LogP contribution >= 0.6 is 11.8 Å². The fourth-order valence-corrected chi connectivity index (χ4v) is 3.62. The van der Waals surface area contributed by atoms with Gasteiger partial charge in [0.15, 0.2) is 11.0 Å². The van der Waals surface area contributed by atoms with Gasteiger partial charge in [-0.3, -0.25) is 0 Å². The zero-order valence-corrected chi connectivity index (χ0v) is 17.8. The molecule has 0 atom stereocenters. The molecule has 2 aromatic carbocycles. The van der Waals surface area contributed by atoms with Gasteiger partial charge in [-0.2, -0.15) is 0 Å². The quantitative estimate of drug-likeness (QED) is 0.569. The lowest BCUT2D eigenvalue weighted by Crippen LogP contribution is -2.34. The zero-order chi connectivity index (χ0) is 20.7. The van der Waals surface area contributed by atoms with E-state index in [-0.39, 0.29) is 0 Å². The number of amides is 1. The topological polar surface area (TPSA) is 69.0 Å². The summed E-state index contributed by atoms with van der Waals surface area (Å²) in [6.07, 6.45) is -0.426. The minimum absolute atomic E-state index is 0.422. The van der Waals surface area contributed by atoms with Gasteiger partial charge in [-0.25, -0.2) is 4.79 Å². The van der Waals surface area contributed by atoms with E-state index < -0.39 is 11.7 Å². The molecular formula is C22H26N4O2S. The Hall–Kier alpha value is -2.80. The average Bonchev–Trinajstić information content (AvgIpc) is 3.09. The Morgan fingerprint density at radius 2 is 1.69 bits per heavy atom. The number of rotatable bonds is 7. The summed E-state index contributed by atoms with van der Waals surface area (Å²) in [6.45, 7) is 6.51. The normalized spacial score (nSPS) is 11.3. The maximum atomic E-state index is 12.0. The molecule has 6 nitrogen and oxygen atoms in total. The molecule has 3 aromatic rings. The van der Waals surface area contributed by atoms with Crippen molar-refractivity contribution in [1.82, 2.24) is 20.1 Å². The van der Waals surface area contributed by atoms with E-state index >= 15 is 0 Å². The van der Waals surface area contributed by atoms with Crippen LogP contribution in [0.15, 0.2) is 65.8 Å². The SMILES string of the molecule is CC(C)(C)OC(=O)NCCn1c(SCc2ccccc2)nnc1-c1ccccc1. The van der Waals surface area contributed by atoms with Crippen molar-refractivity contribution in [2.75, 3.05) is 6.54 Å².